The number of hydrogen-bond acceptors (Lipinski definition) is 0. The highest BCUT2D eigenvalue weighted by Crippen LogP contribution is 2.45. The Labute approximate surface area is 79.4 Å². The fourth-order valence-electron chi connectivity index (χ4n) is 2.55. The molecule has 1 atom stereocenters. The molecule has 1 aliphatic rings. The van der Waals surface area contributed by atoms with Crippen molar-refractivity contribution in [1.29, 1.82) is 0 Å². The van der Waals surface area contributed by atoms with E-state index in [9.17, 15) is 0 Å². The molecular weight excluding hydrogens is 160 g/mol. The van der Waals surface area contributed by atoms with E-state index in [1.54, 1.807) is 0 Å². The van der Waals surface area contributed by atoms with Gasteiger partial charge in [-0.3, -0.25) is 0 Å². The second-order valence-electron chi connectivity index (χ2n) is 5.54. The first-order chi connectivity index (χ1) is 5.43. The van der Waals surface area contributed by atoms with E-state index in [0.29, 0.717) is 5.41 Å². The van der Waals surface area contributed by atoms with Crippen molar-refractivity contribution < 1.29 is 0 Å². The number of hydrogen-bond donors (Lipinski definition) is 0. The van der Waals surface area contributed by atoms with Gasteiger partial charge in [0.05, 0.1) is 0 Å². The van der Waals surface area contributed by atoms with Crippen molar-refractivity contribution in [1.82, 2.24) is 0 Å². The van der Waals surface area contributed by atoms with Crippen LogP contribution in [0, 0.1) is 16.9 Å². The maximum atomic E-state index is 2.49. The van der Waals surface area contributed by atoms with Crippen molar-refractivity contribution in [2.75, 3.05) is 0 Å². The molecule has 1 aliphatic carbocycles. The SMILES string of the molecule is C[SiH](C)[C]1CCCC1C(C)(C)C. The molecule has 1 radical (unpaired) electrons. The second-order valence-corrected chi connectivity index (χ2v) is 8.59. The molecule has 1 rings (SSSR count). The van der Waals surface area contributed by atoms with Crippen LogP contribution in [0.3, 0.4) is 0 Å². The molecule has 1 fully saturated rings. The van der Waals surface area contributed by atoms with Crippen molar-refractivity contribution in [3.8, 4) is 0 Å². The summed E-state index contributed by atoms with van der Waals surface area (Å²) in [5, 5.41) is 0. The summed E-state index contributed by atoms with van der Waals surface area (Å²) in [7, 11) is -0.464. The Balaban J connectivity index is 2.64. The van der Waals surface area contributed by atoms with Crippen LogP contribution < -0.4 is 0 Å². The minimum absolute atomic E-state index is 0.464. The molecule has 0 spiro atoms. The van der Waals surface area contributed by atoms with Gasteiger partial charge >= 0.3 is 0 Å². The average Bonchev–Trinajstić information content (AvgIpc) is 2.30. The van der Waals surface area contributed by atoms with Gasteiger partial charge in [0.2, 0.25) is 0 Å². The molecule has 1 saturated carbocycles. The summed E-state index contributed by atoms with van der Waals surface area (Å²) in [4.78, 5) is 0. The van der Waals surface area contributed by atoms with Crippen molar-refractivity contribution in [2.24, 2.45) is 11.3 Å². The van der Waals surface area contributed by atoms with Gasteiger partial charge in [0.25, 0.3) is 0 Å². The smallest absolute Gasteiger partial charge is 0.0379 e. The molecule has 0 aromatic heterocycles. The first kappa shape index (κ1) is 10.3. The van der Waals surface area contributed by atoms with E-state index in [0.717, 1.165) is 5.92 Å². The summed E-state index contributed by atoms with van der Waals surface area (Å²) in [6.07, 6.45) is 4.37. The third kappa shape index (κ3) is 2.12. The van der Waals surface area contributed by atoms with Gasteiger partial charge in [-0.05, 0) is 29.7 Å². The van der Waals surface area contributed by atoms with E-state index in [2.05, 4.69) is 33.9 Å². The third-order valence-corrected chi connectivity index (χ3v) is 5.37. The molecule has 0 nitrogen and oxygen atoms in total. The zero-order valence-corrected chi connectivity index (χ0v) is 10.4. The summed E-state index contributed by atoms with van der Waals surface area (Å²) in [6.45, 7) is 12.2. The molecule has 12 heavy (non-hydrogen) atoms. The van der Waals surface area contributed by atoms with Gasteiger partial charge in [-0.15, -0.1) is 0 Å². The maximum absolute atomic E-state index is 2.49. The molecule has 0 aromatic rings. The van der Waals surface area contributed by atoms with Crippen LogP contribution in [-0.4, -0.2) is 8.80 Å². The first-order valence-corrected chi connectivity index (χ1v) is 8.17. The van der Waals surface area contributed by atoms with Gasteiger partial charge in [-0.25, -0.2) is 0 Å². The summed E-state index contributed by atoms with van der Waals surface area (Å²) < 4.78 is 0. The molecule has 0 saturated heterocycles. The van der Waals surface area contributed by atoms with E-state index in [1.165, 1.54) is 19.3 Å². The first-order valence-electron chi connectivity index (χ1n) is 5.28. The number of rotatable bonds is 1. The largest absolute Gasteiger partial charge is 0.0717 e. The van der Waals surface area contributed by atoms with Gasteiger partial charge < -0.3 is 0 Å². The molecular formula is C11H23Si. The van der Waals surface area contributed by atoms with Gasteiger partial charge in [-0.1, -0.05) is 40.3 Å². The normalized spacial score (nSPS) is 27.0. The van der Waals surface area contributed by atoms with Crippen molar-refractivity contribution in [3.05, 3.63) is 5.54 Å². The summed E-state index contributed by atoms with van der Waals surface area (Å²) in [6, 6.07) is 0. The van der Waals surface area contributed by atoms with E-state index in [-0.39, 0.29) is 0 Å². The lowest BCUT2D eigenvalue weighted by Crippen LogP contribution is -2.29. The Hall–Kier alpha value is 0.217. The highest BCUT2D eigenvalue weighted by molar-refractivity contribution is 6.62. The van der Waals surface area contributed by atoms with E-state index in [1.807, 2.05) is 5.54 Å². The van der Waals surface area contributed by atoms with Crippen molar-refractivity contribution >= 4 is 8.80 Å². The summed E-state index contributed by atoms with van der Waals surface area (Å²) >= 11 is 0. The Morgan fingerprint density at radius 3 is 2.17 bits per heavy atom. The lowest BCUT2D eigenvalue weighted by atomic mass is 9.79. The van der Waals surface area contributed by atoms with Crippen LogP contribution in [0.1, 0.15) is 40.0 Å². The Morgan fingerprint density at radius 2 is 1.83 bits per heavy atom. The highest BCUT2D eigenvalue weighted by Gasteiger charge is 2.37. The van der Waals surface area contributed by atoms with Crippen LogP contribution in [0.25, 0.3) is 0 Å². The highest BCUT2D eigenvalue weighted by atomic mass is 28.3. The van der Waals surface area contributed by atoms with Crippen LogP contribution in [0.5, 0.6) is 0 Å². The Kier molecular flexibility index (Phi) is 3.03. The molecule has 0 aliphatic heterocycles. The van der Waals surface area contributed by atoms with Gasteiger partial charge in [0.1, 0.15) is 0 Å². The predicted octanol–water partition coefficient (Wildman–Crippen LogP) is 3.43. The minimum Gasteiger partial charge on any atom is -0.0717 e. The monoisotopic (exact) mass is 183 g/mol. The molecule has 0 aromatic carbocycles. The lowest BCUT2D eigenvalue weighted by Gasteiger charge is -2.33. The quantitative estimate of drug-likeness (QED) is 0.546. The summed E-state index contributed by atoms with van der Waals surface area (Å²) in [5.41, 5.74) is 2.49. The summed E-state index contributed by atoms with van der Waals surface area (Å²) in [5.74, 6) is 0.948. The molecule has 1 heteroatoms. The second kappa shape index (κ2) is 3.53. The molecule has 0 bridgehead atoms. The van der Waals surface area contributed by atoms with E-state index in [4.69, 9.17) is 0 Å². The van der Waals surface area contributed by atoms with Gasteiger partial charge in [-0.2, -0.15) is 0 Å². The zero-order chi connectivity index (χ0) is 9.35. The molecule has 1 unspecified atom stereocenters. The van der Waals surface area contributed by atoms with Gasteiger partial charge in [0, 0.05) is 8.80 Å². The molecule has 0 amide bonds. The van der Waals surface area contributed by atoms with Crippen LogP contribution in [-0.2, 0) is 0 Å². The zero-order valence-electron chi connectivity index (χ0n) is 9.28. The Bertz CT molecular complexity index is 144. The topological polar surface area (TPSA) is 0 Å². The molecule has 71 valence electrons. The molecule has 0 heterocycles. The van der Waals surface area contributed by atoms with Crippen LogP contribution in [0.15, 0.2) is 0 Å². The minimum atomic E-state index is -0.464. The van der Waals surface area contributed by atoms with E-state index >= 15 is 0 Å². The van der Waals surface area contributed by atoms with E-state index < -0.39 is 8.80 Å². The molecule has 0 N–H and O–H groups in total. The Morgan fingerprint density at radius 1 is 1.25 bits per heavy atom. The standard InChI is InChI=1S/C11H23Si/c1-11(2,3)9-7-6-8-10(9)12(4)5/h9,12H,6-8H2,1-5H3. The third-order valence-electron chi connectivity index (χ3n) is 3.19. The predicted molar refractivity (Wildman–Crippen MR) is 58.9 cm³/mol. The average molecular weight is 183 g/mol. The van der Waals surface area contributed by atoms with Gasteiger partial charge in [0.15, 0.2) is 0 Å². The van der Waals surface area contributed by atoms with Crippen LogP contribution in [0.4, 0.5) is 0 Å². The maximum Gasteiger partial charge on any atom is 0.0379 e. The fourth-order valence-corrected chi connectivity index (χ4v) is 4.80. The lowest BCUT2D eigenvalue weighted by molar-refractivity contribution is 0.274. The van der Waals surface area contributed by atoms with Crippen LogP contribution >= 0.6 is 0 Å². The fraction of sp³-hybridized carbons (Fsp3) is 0.909. The van der Waals surface area contributed by atoms with Crippen LogP contribution in [0.2, 0.25) is 13.1 Å². The van der Waals surface area contributed by atoms with Crippen molar-refractivity contribution in [2.45, 2.75) is 53.1 Å². The van der Waals surface area contributed by atoms with Crippen molar-refractivity contribution in [3.63, 3.8) is 0 Å².